The van der Waals surface area contributed by atoms with Crippen LogP contribution < -0.4 is 5.32 Å². The summed E-state index contributed by atoms with van der Waals surface area (Å²) in [5.74, 6) is 0. The highest BCUT2D eigenvalue weighted by molar-refractivity contribution is 4.75. The monoisotopic (exact) mass is 242 g/mol. The van der Waals surface area contributed by atoms with Crippen molar-refractivity contribution >= 4 is 0 Å². The maximum atomic E-state index is 8.65. The Bertz CT molecular complexity index is 170. The molecular formula is C14H30N2O. The smallest absolute Gasteiger partial charge is 0.0431 e. The Morgan fingerprint density at radius 2 is 1.76 bits per heavy atom. The van der Waals surface area contributed by atoms with Gasteiger partial charge in [-0.2, -0.15) is 0 Å². The van der Waals surface area contributed by atoms with E-state index in [-0.39, 0.29) is 0 Å². The number of nitrogens with one attached hydrogen (secondary N) is 1. The van der Waals surface area contributed by atoms with Crippen LogP contribution in [0.25, 0.3) is 0 Å². The summed E-state index contributed by atoms with van der Waals surface area (Å²) in [6.07, 6.45) is 10.3. The Hall–Kier alpha value is -0.120. The number of aliphatic hydroxyl groups is 1. The Balaban J connectivity index is 1.83. The van der Waals surface area contributed by atoms with Gasteiger partial charge >= 0.3 is 0 Å². The van der Waals surface area contributed by atoms with Gasteiger partial charge in [0.05, 0.1) is 0 Å². The summed E-state index contributed by atoms with van der Waals surface area (Å²) in [6, 6.07) is 0.848. The molecule has 1 aliphatic rings. The molecule has 0 spiro atoms. The molecular weight excluding hydrogens is 212 g/mol. The molecule has 0 heterocycles. The largest absolute Gasteiger partial charge is 0.396 e. The van der Waals surface area contributed by atoms with Gasteiger partial charge in [-0.15, -0.1) is 0 Å². The third-order valence-corrected chi connectivity index (χ3v) is 3.85. The van der Waals surface area contributed by atoms with Crippen LogP contribution in [0.2, 0.25) is 0 Å². The van der Waals surface area contributed by atoms with Crippen LogP contribution >= 0.6 is 0 Å². The Morgan fingerprint density at radius 3 is 2.47 bits per heavy atom. The van der Waals surface area contributed by atoms with Crippen molar-refractivity contribution in [3.05, 3.63) is 0 Å². The van der Waals surface area contributed by atoms with Crippen LogP contribution in [0.4, 0.5) is 0 Å². The van der Waals surface area contributed by atoms with E-state index in [2.05, 4.69) is 17.3 Å². The zero-order valence-corrected chi connectivity index (χ0v) is 11.5. The molecule has 0 saturated heterocycles. The lowest BCUT2D eigenvalue weighted by molar-refractivity contribution is 0.245. The molecule has 1 rings (SSSR count). The molecule has 0 atom stereocenters. The minimum atomic E-state index is 0.347. The molecule has 102 valence electrons. The minimum absolute atomic E-state index is 0.347. The molecule has 0 bridgehead atoms. The van der Waals surface area contributed by atoms with Gasteiger partial charge in [0.2, 0.25) is 0 Å². The summed E-state index contributed by atoms with van der Waals surface area (Å²) in [5, 5.41) is 12.2. The second kappa shape index (κ2) is 9.86. The molecule has 0 aromatic rings. The molecule has 17 heavy (non-hydrogen) atoms. The van der Waals surface area contributed by atoms with E-state index in [0.29, 0.717) is 6.61 Å². The quantitative estimate of drug-likeness (QED) is 0.575. The molecule has 2 N–H and O–H groups in total. The van der Waals surface area contributed by atoms with Gasteiger partial charge in [-0.3, -0.25) is 0 Å². The van der Waals surface area contributed by atoms with Gasteiger partial charge in [-0.1, -0.05) is 25.7 Å². The van der Waals surface area contributed by atoms with Crippen molar-refractivity contribution in [2.75, 3.05) is 33.3 Å². The Kier molecular flexibility index (Phi) is 8.67. The molecule has 0 unspecified atom stereocenters. The molecule has 0 aromatic heterocycles. The van der Waals surface area contributed by atoms with E-state index in [1.807, 2.05) is 0 Å². The third-order valence-electron chi connectivity index (χ3n) is 3.85. The van der Waals surface area contributed by atoms with Gasteiger partial charge in [0, 0.05) is 25.7 Å². The average Bonchev–Trinajstić information content (AvgIpc) is 2.86. The molecule has 3 nitrogen and oxygen atoms in total. The fraction of sp³-hybridized carbons (Fsp3) is 1.00. The van der Waals surface area contributed by atoms with E-state index >= 15 is 0 Å². The van der Waals surface area contributed by atoms with E-state index in [9.17, 15) is 0 Å². The van der Waals surface area contributed by atoms with Crippen molar-refractivity contribution in [2.45, 2.75) is 57.4 Å². The minimum Gasteiger partial charge on any atom is -0.396 e. The van der Waals surface area contributed by atoms with Crippen molar-refractivity contribution in [3.63, 3.8) is 0 Å². The van der Waals surface area contributed by atoms with Gasteiger partial charge in [-0.05, 0) is 39.3 Å². The fourth-order valence-corrected chi connectivity index (χ4v) is 2.62. The van der Waals surface area contributed by atoms with Crippen molar-refractivity contribution < 1.29 is 5.11 Å². The standard InChI is InChI=1S/C14H30N2O/c1-16(14-8-4-5-9-14)12-11-15-10-6-2-3-7-13-17/h14-15,17H,2-13H2,1H3. The van der Waals surface area contributed by atoms with Gasteiger partial charge in [0.15, 0.2) is 0 Å². The topological polar surface area (TPSA) is 35.5 Å². The number of unbranched alkanes of at least 4 members (excludes halogenated alkanes) is 3. The first-order valence-electron chi connectivity index (χ1n) is 7.36. The predicted molar refractivity (Wildman–Crippen MR) is 73.3 cm³/mol. The van der Waals surface area contributed by atoms with E-state index in [4.69, 9.17) is 5.11 Å². The Morgan fingerprint density at radius 1 is 1.06 bits per heavy atom. The maximum absolute atomic E-state index is 8.65. The second-order valence-electron chi connectivity index (χ2n) is 5.31. The first-order valence-corrected chi connectivity index (χ1v) is 7.36. The number of aliphatic hydroxyl groups excluding tert-OH is 1. The van der Waals surface area contributed by atoms with Crippen LogP contribution in [0.15, 0.2) is 0 Å². The summed E-state index contributed by atoms with van der Waals surface area (Å²) in [5.41, 5.74) is 0. The van der Waals surface area contributed by atoms with Gasteiger partial charge in [0.25, 0.3) is 0 Å². The van der Waals surface area contributed by atoms with Crippen LogP contribution in [0.3, 0.4) is 0 Å². The van der Waals surface area contributed by atoms with Crippen LogP contribution in [-0.2, 0) is 0 Å². The third kappa shape index (κ3) is 7.02. The molecule has 1 saturated carbocycles. The van der Waals surface area contributed by atoms with Gasteiger partial charge in [-0.25, -0.2) is 0 Å². The van der Waals surface area contributed by atoms with E-state index in [1.165, 1.54) is 51.5 Å². The SMILES string of the molecule is CN(CCNCCCCCCO)C1CCCC1. The summed E-state index contributed by atoms with van der Waals surface area (Å²) < 4.78 is 0. The summed E-state index contributed by atoms with van der Waals surface area (Å²) in [6.45, 7) is 3.78. The lowest BCUT2D eigenvalue weighted by Gasteiger charge is -2.23. The highest BCUT2D eigenvalue weighted by atomic mass is 16.2. The zero-order chi connectivity index (χ0) is 12.3. The lowest BCUT2D eigenvalue weighted by atomic mass is 10.2. The average molecular weight is 242 g/mol. The van der Waals surface area contributed by atoms with Crippen LogP contribution in [-0.4, -0.2) is 49.3 Å². The highest BCUT2D eigenvalue weighted by Gasteiger charge is 2.18. The zero-order valence-electron chi connectivity index (χ0n) is 11.5. The number of likely N-dealkylation sites (N-methyl/N-ethyl adjacent to an activating group) is 1. The molecule has 0 aromatic carbocycles. The van der Waals surface area contributed by atoms with Crippen LogP contribution in [0, 0.1) is 0 Å². The fourth-order valence-electron chi connectivity index (χ4n) is 2.62. The molecule has 0 radical (unpaired) electrons. The molecule has 3 heteroatoms. The number of nitrogens with zero attached hydrogens (tertiary/aromatic N) is 1. The molecule has 0 aliphatic heterocycles. The van der Waals surface area contributed by atoms with Crippen molar-refractivity contribution in [1.29, 1.82) is 0 Å². The van der Waals surface area contributed by atoms with E-state index in [1.54, 1.807) is 0 Å². The number of hydrogen-bond acceptors (Lipinski definition) is 3. The first-order chi connectivity index (χ1) is 8.34. The van der Waals surface area contributed by atoms with E-state index < -0.39 is 0 Å². The lowest BCUT2D eigenvalue weighted by Crippen LogP contribution is -2.35. The number of rotatable bonds is 10. The Labute approximate surface area is 107 Å². The molecule has 0 amide bonds. The highest BCUT2D eigenvalue weighted by Crippen LogP contribution is 2.21. The maximum Gasteiger partial charge on any atom is 0.0431 e. The van der Waals surface area contributed by atoms with Gasteiger partial charge < -0.3 is 15.3 Å². The van der Waals surface area contributed by atoms with Crippen molar-refractivity contribution in [2.24, 2.45) is 0 Å². The number of hydrogen-bond donors (Lipinski definition) is 2. The van der Waals surface area contributed by atoms with Crippen molar-refractivity contribution in [3.8, 4) is 0 Å². The molecule has 1 fully saturated rings. The van der Waals surface area contributed by atoms with Gasteiger partial charge in [0.1, 0.15) is 0 Å². The molecule has 1 aliphatic carbocycles. The van der Waals surface area contributed by atoms with Crippen molar-refractivity contribution in [1.82, 2.24) is 10.2 Å². The summed E-state index contributed by atoms with van der Waals surface area (Å²) >= 11 is 0. The predicted octanol–water partition coefficient (Wildman–Crippen LogP) is 2.00. The second-order valence-corrected chi connectivity index (χ2v) is 5.31. The van der Waals surface area contributed by atoms with Crippen LogP contribution in [0.5, 0.6) is 0 Å². The normalized spacial score (nSPS) is 17.1. The van der Waals surface area contributed by atoms with Crippen LogP contribution in [0.1, 0.15) is 51.4 Å². The first kappa shape index (κ1) is 14.9. The van der Waals surface area contributed by atoms with E-state index in [0.717, 1.165) is 25.6 Å². The summed E-state index contributed by atoms with van der Waals surface area (Å²) in [4.78, 5) is 2.52. The summed E-state index contributed by atoms with van der Waals surface area (Å²) in [7, 11) is 2.26.